The fourth-order valence-corrected chi connectivity index (χ4v) is 2.54. The highest BCUT2D eigenvalue weighted by Gasteiger charge is 2.18. The molecule has 0 amide bonds. The van der Waals surface area contributed by atoms with Crippen LogP contribution in [0.5, 0.6) is 11.5 Å². The number of carbonyl (C=O) groups excluding carboxylic acids is 1. The molecule has 136 valence electrons. The third kappa shape index (κ3) is 3.82. The number of hydrogen-bond acceptors (Lipinski definition) is 7. The van der Waals surface area contributed by atoms with Gasteiger partial charge in [-0.05, 0) is 42.8 Å². The Labute approximate surface area is 155 Å². The van der Waals surface area contributed by atoms with Gasteiger partial charge in [0.1, 0.15) is 0 Å². The molecule has 2 heterocycles. The van der Waals surface area contributed by atoms with Gasteiger partial charge in [0.05, 0.1) is 0 Å². The van der Waals surface area contributed by atoms with Crippen molar-refractivity contribution in [1.29, 1.82) is 0 Å². The minimum atomic E-state index is -0.663. The standard InChI is InChI=1S/C20H16N2O5/c1-13(19-21-22-20(27-19)15-5-3-2-4-6-15)26-18(23)10-8-14-7-9-16-17(11-14)25-12-24-16/h2-11,13H,12H2,1H3/b10-8+/t13-/m1/s1. The van der Waals surface area contributed by atoms with E-state index in [0.29, 0.717) is 17.4 Å². The molecule has 0 radical (unpaired) electrons. The summed E-state index contributed by atoms with van der Waals surface area (Å²) in [7, 11) is 0. The van der Waals surface area contributed by atoms with Gasteiger partial charge >= 0.3 is 5.97 Å². The van der Waals surface area contributed by atoms with Gasteiger partial charge < -0.3 is 18.6 Å². The molecule has 0 spiro atoms. The number of esters is 1. The van der Waals surface area contributed by atoms with Crippen molar-refractivity contribution in [3.63, 3.8) is 0 Å². The number of carbonyl (C=O) groups is 1. The van der Waals surface area contributed by atoms with Crippen LogP contribution >= 0.6 is 0 Å². The van der Waals surface area contributed by atoms with Crippen molar-refractivity contribution in [3.05, 3.63) is 66.1 Å². The van der Waals surface area contributed by atoms with E-state index in [0.717, 1.165) is 11.1 Å². The third-order valence-corrected chi connectivity index (χ3v) is 3.91. The molecule has 2 aromatic carbocycles. The van der Waals surface area contributed by atoms with Crippen LogP contribution in [0.3, 0.4) is 0 Å². The minimum Gasteiger partial charge on any atom is -0.454 e. The van der Waals surface area contributed by atoms with Crippen molar-refractivity contribution in [2.45, 2.75) is 13.0 Å². The van der Waals surface area contributed by atoms with E-state index < -0.39 is 12.1 Å². The summed E-state index contributed by atoms with van der Waals surface area (Å²) >= 11 is 0. The molecule has 7 nitrogen and oxygen atoms in total. The largest absolute Gasteiger partial charge is 0.454 e. The summed E-state index contributed by atoms with van der Waals surface area (Å²) < 4.78 is 21.5. The van der Waals surface area contributed by atoms with Crippen LogP contribution in [0, 0.1) is 0 Å². The molecular weight excluding hydrogens is 348 g/mol. The summed E-state index contributed by atoms with van der Waals surface area (Å²) in [6.45, 7) is 1.88. The number of benzene rings is 2. The maximum Gasteiger partial charge on any atom is 0.331 e. The van der Waals surface area contributed by atoms with Crippen LogP contribution in [-0.2, 0) is 9.53 Å². The molecule has 7 heteroatoms. The van der Waals surface area contributed by atoms with Crippen LogP contribution < -0.4 is 9.47 Å². The molecule has 1 aromatic heterocycles. The Morgan fingerprint density at radius 3 is 2.78 bits per heavy atom. The first kappa shape index (κ1) is 16.8. The fourth-order valence-electron chi connectivity index (χ4n) is 2.54. The van der Waals surface area contributed by atoms with Gasteiger partial charge in [0.25, 0.3) is 5.89 Å². The molecule has 3 aromatic rings. The summed E-state index contributed by atoms with van der Waals surface area (Å²) in [5.74, 6) is 1.44. The first-order valence-corrected chi connectivity index (χ1v) is 8.36. The zero-order valence-corrected chi connectivity index (χ0v) is 14.5. The van der Waals surface area contributed by atoms with Gasteiger partial charge in [-0.15, -0.1) is 10.2 Å². The molecule has 0 saturated carbocycles. The summed E-state index contributed by atoms with van der Waals surface area (Å²) in [4.78, 5) is 12.1. The van der Waals surface area contributed by atoms with Crippen LogP contribution in [0.15, 0.2) is 59.0 Å². The SMILES string of the molecule is C[C@@H](OC(=O)/C=C/c1ccc2c(c1)OCO2)c1nnc(-c2ccccc2)o1. The molecule has 0 aliphatic carbocycles. The van der Waals surface area contributed by atoms with Gasteiger partial charge in [-0.3, -0.25) is 0 Å². The lowest BCUT2D eigenvalue weighted by atomic mass is 10.2. The van der Waals surface area contributed by atoms with E-state index in [1.54, 1.807) is 25.1 Å². The highest BCUT2D eigenvalue weighted by Crippen LogP contribution is 2.32. The van der Waals surface area contributed by atoms with E-state index in [-0.39, 0.29) is 12.7 Å². The number of hydrogen-bond donors (Lipinski definition) is 0. The molecule has 0 saturated heterocycles. The first-order chi connectivity index (χ1) is 13.2. The Kier molecular flexibility index (Phi) is 4.57. The summed E-state index contributed by atoms with van der Waals surface area (Å²) in [5.41, 5.74) is 1.60. The van der Waals surface area contributed by atoms with Crippen molar-refractivity contribution < 1.29 is 23.4 Å². The van der Waals surface area contributed by atoms with Crippen LogP contribution in [0.2, 0.25) is 0 Å². The van der Waals surface area contributed by atoms with Gasteiger partial charge in [-0.2, -0.15) is 0 Å². The topological polar surface area (TPSA) is 83.7 Å². The first-order valence-electron chi connectivity index (χ1n) is 8.36. The minimum absolute atomic E-state index is 0.206. The van der Waals surface area contributed by atoms with Crippen molar-refractivity contribution >= 4 is 12.0 Å². The van der Waals surface area contributed by atoms with Crippen molar-refractivity contribution in [3.8, 4) is 23.0 Å². The molecule has 4 rings (SSSR count). The Bertz CT molecular complexity index is 981. The maximum absolute atomic E-state index is 12.1. The Balaban J connectivity index is 1.38. The average Bonchev–Trinajstić information content (AvgIpc) is 3.36. The van der Waals surface area contributed by atoms with Crippen molar-refractivity contribution in [1.82, 2.24) is 10.2 Å². The molecule has 1 aliphatic heterocycles. The van der Waals surface area contributed by atoms with Crippen LogP contribution in [0.1, 0.15) is 24.5 Å². The van der Waals surface area contributed by atoms with Gasteiger partial charge in [-0.25, -0.2) is 4.79 Å². The van der Waals surface area contributed by atoms with E-state index in [4.69, 9.17) is 18.6 Å². The number of fused-ring (bicyclic) bond motifs is 1. The monoisotopic (exact) mass is 364 g/mol. The molecule has 27 heavy (non-hydrogen) atoms. The Morgan fingerprint density at radius 2 is 1.93 bits per heavy atom. The zero-order valence-electron chi connectivity index (χ0n) is 14.5. The molecule has 0 unspecified atom stereocenters. The molecule has 0 bridgehead atoms. The smallest absolute Gasteiger partial charge is 0.331 e. The lowest BCUT2D eigenvalue weighted by molar-refractivity contribution is -0.143. The zero-order chi connectivity index (χ0) is 18.6. The summed E-state index contributed by atoms with van der Waals surface area (Å²) in [6, 6.07) is 14.8. The second-order valence-electron chi connectivity index (χ2n) is 5.84. The predicted octanol–water partition coefficient (Wildman–Crippen LogP) is 3.78. The normalized spacial score (nSPS) is 13.7. The van der Waals surface area contributed by atoms with E-state index in [1.165, 1.54) is 6.08 Å². The van der Waals surface area contributed by atoms with E-state index in [2.05, 4.69) is 10.2 Å². The van der Waals surface area contributed by atoms with Crippen LogP contribution in [0.4, 0.5) is 0 Å². The quantitative estimate of drug-likeness (QED) is 0.503. The lowest BCUT2D eigenvalue weighted by Gasteiger charge is -2.06. The number of nitrogens with zero attached hydrogens (tertiary/aromatic N) is 2. The summed E-state index contributed by atoms with van der Waals surface area (Å²) in [5, 5.41) is 7.94. The van der Waals surface area contributed by atoms with E-state index in [1.807, 2.05) is 36.4 Å². The van der Waals surface area contributed by atoms with Crippen LogP contribution in [0.25, 0.3) is 17.5 Å². The highest BCUT2D eigenvalue weighted by atomic mass is 16.7. The maximum atomic E-state index is 12.1. The third-order valence-electron chi connectivity index (χ3n) is 3.91. The second kappa shape index (κ2) is 7.33. The molecule has 0 fully saturated rings. The Morgan fingerprint density at radius 1 is 1.11 bits per heavy atom. The van der Waals surface area contributed by atoms with Gasteiger partial charge in [0.2, 0.25) is 12.7 Å². The van der Waals surface area contributed by atoms with Gasteiger partial charge in [0.15, 0.2) is 17.6 Å². The molecule has 1 atom stereocenters. The fraction of sp³-hybridized carbons (Fsp3) is 0.150. The summed E-state index contributed by atoms with van der Waals surface area (Å²) in [6.07, 6.45) is 2.31. The predicted molar refractivity (Wildman–Crippen MR) is 95.8 cm³/mol. The van der Waals surface area contributed by atoms with Gasteiger partial charge in [-0.1, -0.05) is 24.3 Å². The molecule has 1 aliphatic rings. The average molecular weight is 364 g/mol. The van der Waals surface area contributed by atoms with Crippen LogP contribution in [-0.4, -0.2) is 23.0 Å². The number of ether oxygens (including phenoxy) is 3. The van der Waals surface area contributed by atoms with Crippen molar-refractivity contribution in [2.75, 3.05) is 6.79 Å². The lowest BCUT2D eigenvalue weighted by Crippen LogP contribution is -2.06. The Hall–Kier alpha value is -3.61. The molecule has 0 N–H and O–H groups in total. The highest BCUT2D eigenvalue weighted by molar-refractivity contribution is 5.87. The number of aromatic nitrogens is 2. The number of rotatable bonds is 5. The second-order valence-corrected chi connectivity index (χ2v) is 5.84. The van der Waals surface area contributed by atoms with E-state index >= 15 is 0 Å². The molecular formula is C20H16N2O5. The van der Waals surface area contributed by atoms with E-state index in [9.17, 15) is 4.79 Å². The van der Waals surface area contributed by atoms with Gasteiger partial charge in [0, 0.05) is 11.6 Å². The van der Waals surface area contributed by atoms with Crippen molar-refractivity contribution in [2.24, 2.45) is 0 Å².